The van der Waals surface area contributed by atoms with Gasteiger partial charge in [-0.15, -0.1) is 0 Å². The molecule has 3 aliphatic rings. The van der Waals surface area contributed by atoms with E-state index in [2.05, 4.69) is 65.0 Å². The molecule has 2 N–H and O–H groups in total. The zero-order valence-electron chi connectivity index (χ0n) is 20.6. The maximum atomic E-state index is 12.3. The van der Waals surface area contributed by atoms with Crippen LogP contribution < -0.4 is 0 Å². The minimum absolute atomic E-state index is 0.0485. The maximum absolute atomic E-state index is 12.3. The van der Waals surface area contributed by atoms with Crippen LogP contribution in [0.4, 0.5) is 0 Å². The number of fused-ring (bicyclic) bond motifs is 8. The Balaban J connectivity index is 2.06. The molecule has 3 aliphatic carbocycles. The molecule has 1 fully saturated rings. The van der Waals surface area contributed by atoms with E-state index in [0.717, 1.165) is 43.2 Å². The van der Waals surface area contributed by atoms with E-state index in [9.17, 15) is 15.0 Å². The maximum Gasteiger partial charge on any atom is 0.335 e. The molecule has 0 spiro atoms. The molecule has 0 aliphatic heterocycles. The number of aliphatic hydroxyl groups is 1. The third-order valence-corrected chi connectivity index (χ3v) is 8.09. The van der Waals surface area contributed by atoms with Gasteiger partial charge in [0.2, 0.25) is 0 Å². The van der Waals surface area contributed by atoms with E-state index >= 15 is 0 Å². The van der Waals surface area contributed by atoms with Gasteiger partial charge in [-0.2, -0.15) is 0 Å². The molecule has 4 rings (SSSR count). The molecular weight excluding hydrogens is 396 g/mol. The lowest BCUT2D eigenvalue weighted by Crippen LogP contribution is -2.32. The van der Waals surface area contributed by atoms with Crippen molar-refractivity contribution in [3.63, 3.8) is 0 Å². The molecule has 32 heavy (non-hydrogen) atoms. The number of rotatable bonds is 4. The minimum Gasteiger partial charge on any atom is -0.478 e. The monoisotopic (exact) mass is 438 g/mol. The molecule has 0 saturated heterocycles. The van der Waals surface area contributed by atoms with E-state index in [1.165, 1.54) is 5.57 Å². The van der Waals surface area contributed by atoms with Gasteiger partial charge in [0.05, 0.1) is 11.7 Å². The third kappa shape index (κ3) is 5.54. The Morgan fingerprint density at radius 2 is 1.91 bits per heavy atom. The van der Waals surface area contributed by atoms with E-state index < -0.39 is 12.1 Å². The Morgan fingerprint density at radius 1 is 1.16 bits per heavy atom. The standard InChI is InChI=1S/C29H42O3/c1-19(2)8-10-21(4)26-14-15-27-24-13-11-22(18-25(24)28(31)32)17-23(30)12-9-20(3)7-6-16-29(26,27)5/h7-8,10-11,13,18-19,21,23,26-27,30H,6,9,12,14-17H2,1-5H3,(H,31,32)/t21?,23-,26+,27?,29+/m0/s1. The molecule has 0 heterocycles. The van der Waals surface area contributed by atoms with Crippen LogP contribution in [0.15, 0.2) is 42.0 Å². The van der Waals surface area contributed by atoms with Gasteiger partial charge in [-0.05, 0) is 98.1 Å². The van der Waals surface area contributed by atoms with E-state index in [4.69, 9.17) is 0 Å². The number of benzene rings is 1. The van der Waals surface area contributed by atoms with Crippen molar-refractivity contribution in [1.82, 2.24) is 0 Å². The van der Waals surface area contributed by atoms with Gasteiger partial charge in [-0.25, -0.2) is 4.79 Å². The van der Waals surface area contributed by atoms with Crippen LogP contribution in [0.1, 0.15) is 101 Å². The first-order valence-corrected chi connectivity index (χ1v) is 12.5. The quantitative estimate of drug-likeness (QED) is 0.490. The summed E-state index contributed by atoms with van der Waals surface area (Å²) in [6.45, 7) is 11.4. The van der Waals surface area contributed by atoms with E-state index in [0.29, 0.717) is 36.2 Å². The number of hydrogen-bond donors (Lipinski definition) is 2. The molecule has 2 unspecified atom stereocenters. The number of hydrogen-bond acceptors (Lipinski definition) is 2. The average Bonchev–Trinajstić information content (AvgIpc) is 3.06. The number of aromatic carboxylic acids is 1. The number of carbonyl (C=O) groups is 1. The largest absolute Gasteiger partial charge is 0.478 e. The molecule has 0 radical (unpaired) electrons. The van der Waals surface area contributed by atoms with Crippen LogP contribution in [-0.4, -0.2) is 22.3 Å². The fourth-order valence-corrected chi connectivity index (χ4v) is 6.25. The third-order valence-electron chi connectivity index (χ3n) is 8.09. The van der Waals surface area contributed by atoms with Gasteiger partial charge in [0.15, 0.2) is 0 Å². The fourth-order valence-electron chi connectivity index (χ4n) is 6.25. The van der Waals surface area contributed by atoms with Gasteiger partial charge in [0, 0.05) is 0 Å². The van der Waals surface area contributed by atoms with Crippen molar-refractivity contribution < 1.29 is 15.0 Å². The Kier molecular flexibility index (Phi) is 8.03. The SMILES string of the molecule is CC1=CCC[C@@]2(C)C(CC[C@@H]2C(C)C=CC(C)C)c2ccc(cc2C(=O)O)C[C@@H](O)CC1. The summed E-state index contributed by atoms with van der Waals surface area (Å²) in [7, 11) is 0. The van der Waals surface area contributed by atoms with Crippen LogP contribution in [0, 0.1) is 23.2 Å². The molecular formula is C29H42O3. The number of carboxylic acid groups (broad SMARTS) is 1. The lowest BCUT2D eigenvalue weighted by atomic mass is 9.64. The topological polar surface area (TPSA) is 57.5 Å². The summed E-state index contributed by atoms with van der Waals surface area (Å²) in [4.78, 5) is 12.3. The van der Waals surface area contributed by atoms with Gasteiger partial charge >= 0.3 is 5.97 Å². The fraction of sp³-hybridized carbons (Fsp3) is 0.621. The molecule has 3 heteroatoms. The van der Waals surface area contributed by atoms with Crippen molar-refractivity contribution in [3.8, 4) is 0 Å². The summed E-state index contributed by atoms with van der Waals surface area (Å²) < 4.78 is 0. The molecule has 2 bridgehead atoms. The van der Waals surface area contributed by atoms with E-state index in [1.807, 2.05) is 6.07 Å². The van der Waals surface area contributed by atoms with E-state index in [1.54, 1.807) is 0 Å². The van der Waals surface area contributed by atoms with Crippen molar-refractivity contribution in [3.05, 3.63) is 58.7 Å². The second-order valence-corrected chi connectivity index (χ2v) is 10.9. The predicted octanol–water partition coefficient (Wildman–Crippen LogP) is 7.16. The predicted molar refractivity (Wildman–Crippen MR) is 132 cm³/mol. The normalized spacial score (nSPS) is 30.2. The molecule has 176 valence electrons. The van der Waals surface area contributed by atoms with Crippen LogP contribution >= 0.6 is 0 Å². The smallest absolute Gasteiger partial charge is 0.335 e. The highest BCUT2D eigenvalue weighted by Gasteiger charge is 2.48. The lowest BCUT2D eigenvalue weighted by molar-refractivity contribution is 0.0692. The Labute approximate surface area is 194 Å². The van der Waals surface area contributed by atoms with Crippen molar-refractivity contribution in [2.75, 3.05) is 0 Å². The van der Waals surface area contributed by atoms with Crippen LogP contribution in [0.5, 0.6) is 0 Å². The summed E-state index contributed by atoms with van der Waals surface area (Å²) in [5.41, 5.74) is 3.73. The summed E-state index contributed by atoms with van der Waals surface area (Å²) in [6.07, 6.45) is 13.0. The minimum atomic E-state index is -0.849. The van der Waals surface area contributed by atoms with Crippen LogP contribution in [-0.2, 0) is 6.42 Å². The first-order chi connectivity index (χ1) is 15.1. The summed E-state index contributed by atoms with van der Waals surface area (Å²) in [6, 6.07) is 5.93. The summed E-state index contributed by atoms with van der Waals surface area (Å²) in [5.74, 6) is 0.937. The lowest BCUT2D eigenvalue weighted by Gasteiger charge is -2.40. The molecule has 0 aromatic heterocycles. The number of allylic oxidation sites excluding steroid dienone is 4. The van der Waals surface area contributed by atoms with Gasteiger partial charge in [-0.1, -0.05) is 63.6 Å². The van der Waals surface area contributed by atoms with Crippen LogP contribution in [0.2, 0.25) is 0 Å². The van der Waals surface area contributed by atoms with Crippen LogP contribution in [0.3, 0.4) is 0 Å². The first-order valence-electron chi connectivity index (χ1n) is 12.5. The Morgan fingerprint density at radius 3 is 2.59 bits per heavy atom. The highest BCUT2D eigenvalue weighted by molar-refractivity contribution is 5.90. The molecule has 3 nitrogen and oxygen atoms in total. The first kappa shape index (κ1) is 24.8. The molecule has 1 saturated carbocycles. The Bertz CT molecular complexity index is 865. The second kappa shape index (κ2) is 10.4. The molecule has 0 amide bonds. The van der Waals surface area contributed by atoms with Gasteiger partial charge < -0.3 is 10.2 Å². The Hall–Kier alpha value is -1.87. The van der Waals surface area contributed by atoms with E-state index in [-0.39, 0.29) is 11.3 Å². The molecule has 1 aromatic rings. The number of aliphatic hydroxyl groups excluding tert-OH is 1. The summed E-state index contributed by atoms with van der Waals surface area (Å²) in [5, 5.41) is 20.6. The van der Waals surface area contributed by atoms with Crippen molar-refractivity contribution in [2.45, 2.75) is 91.6 Å². The van der Waals surface area contributed by atoms with Crippen molar-refractivity contribution >= 4 is 5.97 Å². The van der Waals surface area contributed by atoms with Gasteiger partial charge in [-0.3, -0.25) is 0 Å². The number of carboxylic acids is 1. The van der Waals surface area contributed by atoms with Gasteiger partial charge in [0.1, 0.15) is 0 Å². The molecule has 5 atom stereocenters. The highest BCUT2D eigenvalue weighted by Crippen LogP contribution is 2.58. The molecule has 1 aromatic carbocycles. The average molecular weight is 439 g/mol. The zero-order valence-corrected chi connectivity index (χ0v) is 20.6. The van der Waals surface area contributed by atoms with Crippen LogP contribution in [0.25, 0.3) is 0 Å². The zero-order chi connectivity index (χ0) is 23.5. The van der Waals surface area contributed by atoms with Crippen molar-refractivity contribution in [2.24, 2.45) is 23.2 Å². The van der Waals surface area contributed by atoms with Crippen molar-refractivity contribution in [1.29, 1.82) is 0 Å². The second-order valence-electron chi connectivity index (χ2n) is 10.9. The highest BCUT2D eigenvalue weighted by atomic mass is 16.4. The van der Waals surface area contributed by atoms with Gasteiger partial charge in [0.25, 0.3) is 0 Å². The summed E-state index contributed by atoms with van der Waals surface area (Å²) >= 11 is 0.